The first-order valence-corrected chi connectivity index (χ1v) is 16.6. The van der Waals surface area contributed by atoms with Gasteiger partial charge in [0.25, 0.3) is 0 Å². The lowest BCUT2D eigenvalue weighted by Gasteiger charge is -2.30. The Labute approximate surface area is 223 Å². The van der Waals surface area contributed by atoms with Crippen molar-refractivity contribution in [2.24, 2.45) is 5.41 Å². The van der Waals surface area contributed by atoms with E-state index < -0.39 is 0 Å². The van der Waals surface area contributed by atoms with Crippen LogP contribution >= 0.6 is 0 Å². The van der Waals surface area contributed by atoms with E-state index >= 15 is 0 Å². The average Bonchev–Trinajstić information content (AvgIpc) is 2.85. The fourth-order valence-corrected chi connectivity index (χ4v) is 5.96. The Hall–Kier alpha value is -0.520. The van der Waals surface area contributed by atoms with Gasteiger partial charge in [0.15, 0.2) is 0 Å². The zero-order valence-corrected chi connectivity index (χ0v) is 24.8. The highest BCUT2D eigenvalue weighted by Gasteiger charge is 2.23. The molecule has 1 aliphatic carbocycles. The molecule has 0 bridgehead atoms. The average molecular weight is 487 g/mol. The van der Waals surface area contributed by atoms with Crippen molar-refractivity contribution in [1.29, 1.82) is 0 Å². The van der Waals surface area contributed by atoms with Gasteiger partial charge in [0, 0.05) is 0 Å². The van der Waals surface area contributed by atoms with Crippen LogP contribution in [-0.2, 0) is 0 Å². The molecule has 0 nitrogen and oxygen atoms in total. The van der Waals surface area contributed by atoms with Crippen LogP contribution in [0.2, 0.25) is 0 Å². The molecular weight excluding hydrogens is 420 g/mol. The molecule has 0 heterocycles. The molecular formula is C35H66. The third-order valence-corrected chi connectivity index (χ3v) is 8.41. The zero-order chi connectivity index (χ0) is 25.3. The predicted octanol–water partition coefficient (Wildman–Crippen LogP) is 13.1. The zero-order valence-electron chi connectivity index (χ0n) is 24.8. The van der Waals surface area contributed by atoms with E-state index in [2.05, 4.69) is 39.0 Å². The van der Waals surface area contributed by atoms with Crippen LogP contribution in [0, 0.1) is 5.41 Å². The molecule has 0 aromatic carbocycles. The molecule has 35 heavy (non-hydrogen) atoms. The normalized spacial score (nSPS) is 17.7. The van der Waals surface area contributed by atoms with E-state index in [0.29, 0.717) is 5.41 Å². The summed E-state index contributed by atoms with van der Waals surface area (Å²) in [5, 5.41) is 0. The van der Waals surface area contributed by atoms with Gasteiger partial charge in [-0.25, -0.2) is 0 Å². The summed E-state index contributed by atoms with van der Waals surface area (Å²) in [4.78, 5) is 0. The number of hydrogen-bond acceptors (Lipinski definition) is 0. The summed E-state index contributed by atoms with van der Waals surface area (Å²) in [5.74, 6) is 0. The van der Waals surface area contributed by atoms with Crippen molar-refractivity contribution in [3.05, 3.63) is 23.8 Å². The van der Waals surface area contributed by atoms with Gasteiger partial charge in [-0.3, -0.25) is 0 Å². The third kappa shape index (κ3) is 20.2. The van der Waals surface area contributed by atoms with Gasteiger partial charge in [0.1, 0.15) is 0 Å². The smallest absolute Gasteiger partial charge is 0.0106 e. The molecule has 1 atom stereocenters. The van der Waals surface area contributed by atoms with Gasteiger partial charge in [0.05, 0.1) is 0 Å². The Morgan fingerprint density at radius 3 is 1.31 bits per heavy atom. The molecule has 1 unspecified atom stereocenters. The molecule has 206 valence electrons. The Morgan fingerprint density at radius 2 is 0.886 bits per heavy atom. The van der Waals surface area contributed by atoms with Gasteiger partial charge in [-0.15, -0.1) is 0 Å². The monoisotopic (exact) mass is 487 g/mol. The van der Waals surface area contributed by atoms with Crippen LogP contribution in [0.25, 0.3) is 0 Å². The summed E-state index contributed by atoms with van der Waals surface area (Å²) >= 11 is 0. The number of allylic oxidation sites excluding steroid dienone is 4. The van der Waals surface area contributed by atoms with Crippen molar-refractivity contribution in [1.82, 2.24) is 0 Å². The fourth-order valence-electron chi connectivity index (χ4n) is 5.96. The standard InChI is InChI=1S/C35H66/c1-4-6-8-10-12-14-16-18-20-22-24-26-29-34-30-28-32-35(3,33-34)31-27-25-23-21-19-17-15-13-11-9-7-5-2/h28,30,32H,4-27,29,31,33H2,1-3H3. The van der Waals surface area contributed by atoms with E-state index in [1.54, 1.807) is 5.57 Å². The van der Waals surface area contributed by atoms with Crippen LogP contribution in [0.15, 0.2) is 23.8 Å². The molecule has 0 fully saturated rings. The molecule has 0 heteroatoms. The summed E-state index contributed by atoms with van der Waals surface area (Å²) in [6.45, 7) is 7.12. The molecule has 0 saturated carbocycles. The van der Waals surface area contributed by atoms with Crippen molar-refractivity contribution >= 4 is 0 Å². The second-order valence-corrected chi connectivity index (χ2v) is 12.3. The van der Waals surface area contributed by atoms with Crippen LogP contribution in [0.4, 0.5) is 0 Å². The van der Waals surface area contributed by atoms with Crippen molar-refractivity contribution in [2.45, 2.75) is 194 Å². The van der Waals surface area contributed by atoms with E-state index in [-0.39, 0.29) is 0 Å². The lowest BCUT2D eigenvalue weighted by atomic mass is 9.75. The summed E-state index contributed by atoms with van der Waals surface area (Å²) in [6.07, 6.45) is 46.1. The molecule has 0 N–H and O–H groups in total. The first-order valence-electron chi connectivity index (χ1n) is 16.6. The van der Waals surface area contributed by atoms with E-state index in [1.807, 2.05) is 0 Å². The minimum atomic E-state index is 0.430. The first-order chi connectivity index (χ1) is 17.2. The van der Waals surface area contributed by atoms with Crippen LogP contribution < -0.4 is 0 Å². The second-order valence-electron chi connectivity index (χ2n) is 12.3. The summed E-state index contributed by atoms with van der Waals surface area (Å²) in [6, 6.07) is 0. The van der Waals surface area contributed by atoms with Gasteiger partial charge in [-0.05, 0) is 31.1 Å². The molecule has 1 aliphatic rings. The molecule has 1 rings (SSSR count). The van der Waals surface area contributed by atoms with Crippen molar-refractivity contribution < 1.29 is 0 Å². The van der Waals surface area contributed by atoms with Gasteiger partial charge >= 0.3 is 0 Å². The summed E-state index contributed by atoms with van der Waals surface area (Å²) < 4.78 is 0. The molecule has 0 amide bonds. The first kappa shape index (κ1) is 32.5. The summed E-state index contributed by atoms with van der Waals surface area (Å²) in [7, 11) is 0. The van der Waals surface area contributed by atoms with Gasteiger partial charge < -0.3 is 0 Å². The maximum atomic E-state index is 2.51. The minimum absolute atomic E-state index is 0.430. The summed E-state index contributed by atoms with van der Waals surface area (Å²) in [5.41, 5.74) is 2.15. The number of rotatable bonds is 26. The van der Waals surface area contributed by atoms with Crippen LogP contribution in [0.1, 0.15) is 194 Å². The van der Waals surface area contributed by atoms with Crippen molar-refractivity contribution in [3.8, 4) is 0 Å². The van der Waals surface area contributed by atoms with Gasteiger partial charge in [0.2, 0.25) is 0 Å². The maximum Gasteiger partial charge on any atom is -0.0106 e. The van der Waals surface area contributed by atoms with Crippen LogP contribution in [-0.4, -0.2) is 0 Å². The minimum Gasteiger partial charge on any atom is -0.0783 e. The molecule has 0 aromatic rings. The third-order valence-electron chi connectivity index (χ3n) is 8.41. The number of hydrogen-bond donors (Lipinski definition) is 0. The topological polar surface area (TPSA) is 0 Å². The second kappa shape index (κ2) is 23.9. The fraction of sp³-hybridized carbons (Fsp3) is 0.886. The SMILES string of the molecule is CCCCCCCCCCCCCCC1=CC=CC(C)(CCCCCCCCCCCCCC)C1. The van der Waals surface area contributed by atoms with E-state index in [1.165, 1.54) is 173 Å². The van der Waals surface area contributed by atoms with Crippen LogP contribution in [0.5, 0.6) is 0 Å². The Bertz CT molecular complexity index is 498. The highest BCUT2D eigenvalue weighted by molar-refractivity contribution is 5.23. The predicted molar refractivity (Wildman–Crippen MR) is 161 cm³/mol. The van der Waals surface area contributed by atoms with Crippen molar-refractivity contribution in [2.75, 3.05) is 0 Å². The van der Waals surface area contributed by atoms with Crippen molar-refractivity contribution in [3.63, 3.8) is 0 Å². The Balaban J connectivity index is 1.93. The Kier molecular flexibility index (Phi) is 22.2. The van der Waals surface area contributed by atoms with E-state index in [4.69, 9.17) is 0 Å². The number of unbranched alkanes of at least 4 members (excludes halogenated alkanes) is 22. The lowest BCUT2D eigenvalue weighted by molar-refractivity contribution is 0.357. The van der Waals surface area contributed by atoms with E-state index in [0.717, 1.165) is 0 Å². The van der Waals surface area contributed by atoms with Gasteiger partial charge in [-0.2, -0.15) is 0 Å². The molecule has 0 saturated heterocycles. The van der Waals surface area contributed by atoms with Crippen LogP contribution in [0.3, 0.4) is 0 Å². The highest BCUT2D eigenvalue weighted by Crippen LogP contribution is 2.38. The molecule has 0 spiro atoms. The molecule has 0 aromatic heterocycles. The highest BCUT2D eigenvalue weighted by atomic mass is 14.3. The lowest BCUT2D eigenvalue weighted by Crippen LogP contribution is -2.16. The van der Waals surface area contributed by atoms with E-state index in [9.17, 15) is 0 Å². The molecule has 0 radical (unpaired) electrons. The largest absolute Gasteiger partial charge is 0.0783 e. The Morgan fingerprint density at radius 1 is 0.514 bits per heavy atom. The van der Waals surface area contributed by atoms with Gasteiger partial charge in [-0.1, -0.05) is 192 Å². The molecule has 0 aliphatic heterocycles. The maximum absolute atomic E-state index is 2.51. The quantitative estimate of drug-likeness (QED) is 0.107.